The second-order valence-corrected chi connectivity index (χ2v) is 4.87. The predicted molar refractivity (Wildman–Crippen MR) is 59.2 cm³/mol. The normalized spacial score (nSPS) is 17.1. The number of carbonyl (C=O) groups excluding carboxylic acids is 2. The molecule has 0 bridgehead atoms. The Morgan fingerprint density at radius 1 is 1.59 bits per heavy atom. The molecule has 0 aliphatic carbocycles. The Labute approximate surface area is 102 Å². The second-order valence-electron chi connectivity index (χ2n) is 3.57. The molecular formula is C8H12N6O2S. The highest BCUT2D eigenvalue weighted by Crippen LogP contribution is 2.21. The molecule has 0 unspecified atom stereocenters. The molecule has 8 nitrogen and oxygen atoms in total. The van der Waals surface area contributed by atoms with Crippen LogP contribution in [0.5, 0.6) is 0 Å². The van der Waals surface area contributed by atoms with Crippen LogP contribution in [-0.4, -0.2) is 55.4 Å². The number of hydrogen-bond donors (Lipinski definition) is 1. The lowest BCUT2D eigenvalue weighted by Gasteiger charge is -2.16. The molecule has 1 N–H and O–H groups in total. The average molecular weight is 256 g/mol. The Morgan fingerprint density at radius 2 is 2.35 bits per heavy atom. The van der Waals surface area contributed by atoms with Crippen molar-refractivity contribution in [1.29, 1.82) is 0 Å². The number of hydrogen-bond acceptors (Lipinski definition) is 6. The minimum absolute atomic E-state index is 0.229. The average Bonchev–Trinajstić information content (AvgIpc) is 2.88. The van der Waals surface area contributed by atoms with Crippen LogP contribution in [0.3, 0.4) is 0 Å². The van der Waals surface area contributed by atoms with Crippen LogP contribution >= 0.6 is 11.8 Å². The summed E-state index contributed by atoms with van der Waals surface area (Å²) in [5.41, 5.74) is 0. The molecule has 1 fully saturated rings. The van der Waals surface area contributed by atoms with Crippen molar-refractivity contribution in [1.82, 2.24) is 30.4 Å². The Bertz CT molecular complexity index is 447. The van der Waals surface area contributed by atoms with E-state index in [1.165, 1.54) is 21.3 Å². The van der Waals surface area contributed by atoms with Gasteiger partial charge in [0.25, 0.3) is 0 Å². The highest BCUT2D eigenvalue weighted by atomic mass is 32.2. The number of aryl methyl sites for hydroxylation is 1. The summed E-state index contributed by atoms with van der Waals surface area (Å²) in [6.45, 7) is 2.65. The number of rotatable bonds is 3. The van der Waals surface area contributed by atoms with Crippen LogP contribution < -0.4 is 5.32 Å². The van der Waals surface area contributed by atoms with Crippen LogP contribution in [0.4, 0.5) is 4.79 Å². The minimum Gasteiger partial charge on any atom is -0.336 e. The fourth-order valence-electron chi connectivity index (χ4n) is 1.43. The zero-order chi connectivity index (χ0) is 12.4. The van der Waals surface area contributed by atoms with Crippen LogP contribution in [0.25, 0.3) is 0 Å². The Kier molecular flexibility index (Phi) is 3.27. The first-order chi connectivity index (χ1) is 8.09. The Morgan fingerprint density at radius 3 is 2.88 bits per heavy atom. The number of urea groups is 1. The van der Waals surface area contributed by atoms with Gasteiger partial charge in [-0.05, 0) is 17.4 Å². The van der Waals surface area contributed by atoms with Crippen molar-refractivity contribution in [3.63, 3.8) is 0 Å². The number of carbonyl (C=O) groups is 2. The van der Waals surface area contributed by atoms with Gasteiger partial charge >= 0.3 is 6.03 Å². The quantitative estimate of drug-likeness (QED) is 0.715. The van der Waals surface area contributed by atoms with E-state index in [0.717, 1.165) is 0 Å². The molecule has 0 saturated carbocycles. The highest BCUT2D eigenvalue weighted by molar-refractivity contribution is 8.00. The molecule has 1 atom stereocenters. The van der Waals surface area contributed by atoms with Gasteiger partial charge < -0.3 is 5.32 Å². The number of aromatic nitrogens is 4. The largest absolute Gasteiger partial charge is 0.336 e. The molecule has 1 saturated heterocycles. The van der Waals surface area contributed by atoms with Crippen molar-refractivity contribution in [3.05, 3.63) is 0 Å². The third-order valence-corrected chi connectivity index (χ3v) is 3.45. The van der Waals surface area contributed by atoms with E-state index < -0.39 is 5.25 Å². The van der Waals surface area contributed by atoms with Crippen molar-refractivity contribution in [2.24, 2.45) is 7.05 Å². The van der Waals surface area contributed by atoms with Crippen LogP contribution in [0.2, 0.25) is 0 Å². The van der Waals surface area contributed by atoms with E-state index in [-0.39, 0.29) is 11.9 Å². The summed E-state index contributed by atoms with van der Waals surface area (Å²) < 4.78 is 1.48. The minimum atomic E-state index is -0.399. The molecule has 0 aromatic carbocycles. The molecule has 1 aliphatic rings. The summed E-state index contributed by atoms with van der Waals surface area (Å²) in [4.78, 5) is 24.5. The first-order valence-electron chi connectivity index (χ1n) is 5.08. The maximum absolute atomic E-state index is 12.0. The van der Waals surface area contributed by atoms with Gasteiger partial charge in [0.1, 0.15) is 0 Å². The van der Waals surface area contributed by atoms with Crippen molar-refractivity contribution in [3.8, 4) is 0 Å². The lowest BCUT2D eigenvalue weighted by molar-refractivity contribution is -0.126. The molecule has 92 valence electrons. The highest BCUT2D eigenvalue weighted by Gasteiger charge is 2.30. The summed E-state index contributed by atoms with van der Waals surface area (Å²) in [7, 11) is 1.70. The van der Waals surface area contributed by atoms with Crippen molar-refractivity contribution in [2.45, 2.75) is 17.3 Å². The first kappa shape index (κ1) is 11.8. The zero-order valence-corrected chi connectivity index (χ0v) is 10.3. The molecule has 0 spiro atoms. The number of nitrogens with one attached hydrogen (secondary N) is 1. The molecular weight excluding hydrogens is 244 g/mol. The fourth-order valence-corrected chi connectivity index (χ4v) is 2.25. The summed E-state index contributed by atoms with van der Waals surface area (Å²) in [6.07, 6.45) is 0. The van der Waals surface area contributed by atoms with Gasteiger partial charge in [-0.15, -0.1) is 5.10 Å². The van der Waals surface area contributed by atoms with Crippen LogP contribution in [0.15, 0.2) is 5.16 Å². The third kappa shape index (κ3) is 2.38. The lowest BCUT2D eigenvalue weighted by Crippen LogP contribution is -2.39. The molecule has 17 heavy (non-hydrogen) atoms. The van der Waals surface area contributed by atoms with Crippen LogP contribution in [0, 0.1) is 0 Å². The summed E-state index contributed by atoms with van der Waals surface area (Å²) in [5.74, 6) is -0.229. The maximum atomic E-state index is 12.0. The van der Waals surface area contributed by atoms with Crippen LogP contribution in [-0.2, 0) is 11.8 Å². The van der Waals surface area contributed by atoms with Crippen LogP contribution in [0.1, 0.15) is 6.92 Å². The number of tetrazole rings is 1. The number of thioether (sulfide) groups is 1. The van der Waals surface area contributed by atoms with Crippen molar-refractivity contribution < 1.29 is 9.59 Å². The fraction of sp³-hybridized carbons (Fsp3) is 0.625. The van der Waals surface area contributed by atoms with E-state index in [9.17, 15) is 9.59 Å². The van der Waals surface area contributed by atoms with Gasteiger partial charge in [0, 0.05) is 20.1 Å². The summed E-state index contributed by atoms with van der Waals surface area (Å²) in [6, 6.07) is -0.335. The monoisotopic (exact) mass is 256 g/mol. The number of imide groups is 1. The van der Waals surface area contributed by atoms with Crippen molar-refractivity contribution >= 4 is 23.7 Å². The molecule has 2 rings (SSSR count). The summed E-state index contributed by atoms with van der Waals surface area (Å²) in [5, 5.41) is 13.7. The van der Waals surface area contributed by atoms with Gasteiger partial charge in [-0.25, -0.2) is 9.48 Å². The van der Waals surface area contributed by atoms with E-state index >= 15 is 0 Å². The standard InChI is InChI=1S/C8H12N6O2S/c1-5(17-8-10-11-12-13(8)2)6(15)14-4-3-9-7(14)16/h5H,3-4H2,1-2H3,(H,9,16)/t5-/m1/s1. The van der Waals surface area contributed by atoms with Gasteiger partial charge in [0.05, 0.1) is 5.25 Å². The first-order valence-corrected chi connectivity index (χ1v) is 5.96. The van der Waals surface area contributed by atoms with Gasteiger partial charge in [-0.3, -0.25) is 9.69 Å². The zero-order valence-electron chi connectivity index (χ0n) is 9.45. The topological polar surface area (TPSA) is 93.0 Å². The molecule has 3 amide bonds. The van der Waals surface area contributed by atoms with Gasteiger partial charge in [0.15, 0.2) is 0 Å². The van der Waals surface area contributed by atoms with E-state index in [4.69, 9.17) is 0 Å². The van der Waals surface area contributed by atoms with E-state index in [0.29, 0.717) is 18.2 Å². The van der Waals surface area contributed by atoms with Crippen molar-refractivity contribution in [2.75, 3.05) is 13.1 Å². The predicted octanol–water partition coefficient (Wildman–Crippen LogP) is -0.757. The molecule has 1 aliphatic heterocycles. The molecule has 1 aromatic rings. The smallest absolute Gasteiger partial charge is 0.324 e. The third-order valence-electron chi connectivity index (χ3n) is 2.33. The summed E-state index contributed by atoms with van der Waals surface area (Å²) >= 11 is 1.23. The molecule has 9 heteroatoms. The van der Waals surface area contributed by atoms with E-state index in [1.54, 1.807) is 14.0 Å². The van der Waals surface area contributed by atoms with Gasteiger partial charge in [-0.2, -0.15) is 0 Å². The molecule has 1 aromatic heterocycles. The molecule has 0 radical (unpaired) electrons. The van der Waals surface area contributed by atoms with E-state index in [1.807, 2.05) is 0 Å². The maximum Gasteiger partial charge on any atom is 0.324 e. The lowest BCUT2D eigenvalue weighted by atomic mass is 10.4. The Hall–Kier alpha value is -1.64. The Balaban J connectivity index is 2.00. The number of amides is 3. The number of nitrogens with zero attached hydrogens (tertiary/aromatic N) is 5. The second kappa shape index (κ2) is 4.70. The SMILES string of the molecule is C[C@@H](Sc1nnnn1C)C(=O)N1CCNC1=O. The van der Waals surface area contributed by atoms with E-state index in [2.05, 4.69) is 20.8 Å². The van der Waals surface area contributed by atoms with Gasteiger partial charge in [0.2, 0.25) is 11.1 Å². The molecule has 2 heterocycles. The van der Waals surface area contributed by atoms with Gasteiger partial charge in [-0.1, -0.05) is 11.8 Å².